The van der Waals surface area contributed by atoms with Crippen LogP contribution in [-0.2, 0) is 0 Å². The van der Waals surface area contributed by atoms with E-state index in [1.165, 1.54) is 0 Å². The summed E-state index contributed by atoms with van der Waals surface area (Å²) in [5, 5.41) is 12.3. The van der Waals surface area contributed by atoms with Gasteiger partial charge in [-0.25, -0.2) is 4.98 Å². The van der Waals surface area contributed by atoms with Gasteiger partial charge < -0.3 is 15.3 Å². The predicted molar refractivity (Wildman–Crippen MR) is 78.1 cm³/mol. The van der Waals surface area contributed by atoms with E-state index in [0.717, 1.165) is 23.3 Å². The smallest absolute Gasteiger partial charge is 0.224 e. The Balaban J connectivity index is 2.96. The standard InChI is InChI=1S/C12H21BrN4O/c1-4-5-14-12-15-8-10(13)11(16-12)17(6-7-18)9(2)3/h8-9,18H,4-7H2,1-3H3,(H,14,15,16). The van der Waals surface area contributed by atoms with Crippen LogP contribution in [0.3, 0.4) is 0 Å². The van der Waals surface area contributed by atoms with Gasteiger partial charge in [-0.2, -0.15) is 4.98 Å². The number of rotatable bonds is 7. The first-order chi connectivity index (χ1) is 8.60. The Kier molecular flexibility index (Phi) is 6.35. The zero-order valence-electron chi connectivity index (χ0n) is 11.1. The molecular weight excluding hydrogens is 296 g/mol. The SMILES string of the molecule is CCCNc1ncc(Br)c(N(CCO)C(C)C)n1. The number of nitrogens with zero attached hydrogens (tertiary/aromatic N) is 3. The molecule has 0 atom stereocenters. The molecule has 0 spiro atoms. The Labute approximate surface area is 117 Å². The third-order valence-corrected chi connectivity index (χ3v) is 3.05. The van der Waals surface area contributed by atoms with Gasteiger partial charge >= 0.3 is 0 Å². The summed E-state index contributed by atoms with van der Waals surface area (Å²) in [6, 6.07) is 0.266. The van der Waals surface area contributed by atoms with Crippen molar-refractivity contribution < 1.29 is 5.11 Å². The fourth-order valence-corrected chi connectivity index (χ4v) is 2.02. The molecule has 0 saturated carbocycles. The lowest BCUT2D eigenvalue weighted by Gasteiger charge is -2.28. The fraction of sp³-hybridized carbons (Fsp3) is 0.667. The van der Waals surface area contributed by atoms with Gasteiger partial charge in [0.05, 0.1) is 11.1 Å². The largest absolute Gasteiger partial charge is 0.395 e. The number of halogens is 1. The van der Waals surface area contributed by atoms with E-state index in [0.29, 0.717) is 12.5 Å². The Morgan fingerprint density at radius 3 is 2.78 bits per heavy atom. The lowest BCUT2D eigenvalue weighted by atomic mass is 10.3. The minimum Gasteiger partial charge on any atom is -0.395 e. The summed E-state index contributed by atoms with van der Waals surface area (Å²) in [6.45, 7) is 7.75. The van der Waals surface area contributed by atoms with Crippen LogP contribution in [0.1, 0.15) is 27.2 Å². The van der Waals surface area contributed by atoms with Gasteiger partial charge in [0, 0.05) is 25.3 Å². The van der Waals surface area contributed by atoms with Gasteiger partial charge in [-0.1, -0.05) is 6.92 Å². The summed E-state index contributed by atoms with van der Waals surface area (Å²) < 4.78 is 0.840. The monoisotopic (exact) mass is 316 g/mol. The van der Waals surface area contributed by atoms with Crippen molar-refractivity contribution in [3.63, 3.8) is 0 Å². The molecule has 2 N–H and O–H groups in total. The third kappa shape index (κ3) is 4.10. The normalized spacial score (nSPS) is 10.8. The van der Waals surface area contributed by atoms with Crippen LogP contribution in [0, 0.1) is 0 Å². The van der Waals surface area contributed by atoms with Crippen LogP contribution in [0.15, 0.2) is 10.7 Å². The minimum absolute atomic E-state index is 0.104. The second-order valence-electron chi connectivity index (χ2n) is 4.30. The Hall–Kier alpha value is -0.880. The van der Waals surface area contributed by atoms with Gasteiger partial charge in [0.1, 0.15) is 5.82 Å². The second-order valence-corrected chi connectivity index (χ2v) is 5.16. The first-order valence-corrected chi connectivity index (χ1v) is 7.03. The zero-order valence-corrected chi connectivity index (χ0v) is 12.7. The summed E-state index contributed by atoms with van der Waals surface area (Å²) in [6.07, 6.45) is 2.77. The molecule has 1 heterocycles. The van der Waals surface area contributed by atoms with Crippen LogP contribution in [0.4, 0.5) is 11.8 Å². The summed E-state index contributed by atoms with van der Waals surface area (Å²) in [5.41, 5.74) is 0. The van der Waals surface area contributed by atoms with Gasteiger partial charge in [0.25, 0.3) is 0 Å². The first kappa shape index (κ1) is 15.2. The van der Waals surface area contributed by atoms with Gasteiger partial charge in [-0.15, -0.1) is 0 Å². The van der Waals surface area contributed by atoms with Crippen molar-refractivity contribution >= 4 is 27.7 Å². The molecule has 1 rings (SSSR count). The van der Waals surface area contributed by atoms with E-state index in [4.69, 9.17) is 5.11 Å². The molecule has 6 heteroatoms. The molecule has 0 aliphatic carbocycles. The lowest BCUT2D eigenvalue weighted by Crippen LogP contribution is -2.34. The van der Waals surface area contributed by atoms with Crippen molar-refractivity contribution in [1.29, 1.82) is 0 Å². The highest BCUT2D eigenvalue weighted by molar-refractivity contribution is 9.10. The van der Waals surface area contributed by atoms with E-state index in [1.807, 2.05) is 4.90 Å². The number of aromatic nitrogens is 2. The molecular formula is C12H21BrN4O. The average molecular weight is 317 g/mol. The fourth-order valence-electron chi connectivity index (χ4n) is 1.60. The highest BCUT2D eigenvalue weighted by Crippen LogP contribution is 2.25. The van der Waals surface area contributed by atoms with E-state index in [1.54, 1.807) is 6.20 Å². The summed E-state index contributed by atoms with van der Waals surface area (Å²) in [5.74, 6) is 1.44. The minimum atomic E-state index is 0.104. The Morgan fingerprint density at radius 1 is 1.50 bits per heavy atom. The molecule has 0 saturated heterocycles. The maximum absolute atomic E-state index is 9.13. The molecule has 0 aliphatic rings. The maximum Gasteiger partial charge on any atom is 0.224 e. The number of hydrogen-bond donors (Lipinski definition) is 2. The second kappa shape index (κ2) is 7.53. The Bertz CT molecular complexity index is 373. The van der Waals surface area contributed by atoms with Crippen LogP contribution in [0.25, 0.3) is 0 Å². The molecule has 1 aromatic rings. The third-order valence-electron chi connectivity index (χ3n) is 2.50. The molecule has 0 aliphatic heterocycles. The number of aliphatic hydroxyl groups excluding tert-OH is 1. The van der Waals surface area contributed by atoms with Crippen molar-refractivity contribution in [2.24, 2.45) is 0 Å². The van der Waals surface area contributed by atoms with Crippen molar-refractivity contribution in [2.45, 2.75) is 33.2 Å². The molecule has 0 bridgehead atoms. The van der Waals surface area contributed by atoms with Crippen LogP contribution in [0.5, 0.6) is 0 Å². The molecule has 102 valence electrons. The van der Waals surface area contributed by atoms with Crippen LogP contribution < -0.4 is 10.2 Å². The Morgan fingerprint density at radius 2 is 2.22 bits per heavy atom. The van der Waals surface area contributed by atoms with Crippen LogP contribution in [-0.4, -0.2) is 40.8 Å². The van der Waals surface area contributed by atoms with Crippen LogP contribution in [0.2, 0.25) is 0 Å². The molecule has 0 fully saturated rings. The number of anilines is 2. The maximum atomic E-state index is 9.13. The van der Waals surface area contributed by atoms with E-state index in [-0.39, 0.29) is 12.6 Å². The van der Waals surface area contributed by atoms with E-state index < -0.39 is 0 Å². The van der Waals surface area contributed by atoms with E-state index in [2.05, 4.69) is 52.0 Å². The topological polar surface area (TPSA) is 61.3 Å². The van der Waals surface area contributed by atoms with Gasteiger partial charge in [-0.3, -0.25) is 0 Å². The molecule has 0 unspecified atom stereocenters. The molecule has 0 aromatic carbocycles. The average Bonchev–Trinajstić information content (AvgIpc) is 2.35. The summed E-state index contributed by atoms with van der Waals surface area (Å²) >= 11 is 3.46. The lowest BCUT2D eigenvalue weighted by molar-refractivity contribution is 0.298. The summed E-state index contributed by atoms with van der Waals surface area (Å²) in [4.78, 5) is 10.8. The molecule has 1 aromatic heterocycles. The van der Waals surface area contributed by atoms with E-state index >= 15 is 0 Å². The quantitative estimate of drug-likeness (QED) is 0.808. The first-order valence-electron chi connectivity index (χ1n) is 6.24. The predicted octanol–water partition coefficient (Wildman–Crippen LogP) is 2.27. The molecule has 0 amide bonds. The number of nitrogens with one attached hydrogen (secondary N) is 1. The highest BCUT2D eigenvalue weighted by atomic mass is 79.9. The van der Waals surface area contributed by atoms with Crippen molar-refractivity contribution in [2.75, 3.05) is 29.9 Å². The van der Waals surface area contributed by atoms with Crippen molar-refractivity contribution in [3.05, 3.63) is 10.7 Å². The number of hydrogen-bond acceptors (Lipinski definition) is 5. The van der Waals surface area contributed by atoms with Gasteiger partial charge in [-0.05, 0) is 36.2 Å². The van der Waals surface area contributed by atoms with Gasteiger partial charge in [0.15, 0.2) is 0 Å². The number of aliphatic hydroxyl groups is 1. The van der Waals surface area contributed by atoms with Gasteiger partial charge in [0.2, 0.25) is 5.95 Å². The highest BCUT2D eigenvalue weighted by Gasteiger charge is 2.15. The summed E-state index contributed by atoms with van der Waals surface area (Å²) in [7, 11) is 0. The zero-order chi connectivity index (χ0) is 13.5. The van der Waals surface area contributed by atoms with Crippen molar-refractivity contribution in [1.82, 2.24) is 9.97 Å². The van der Waals surface area contributed by atoms with E-state index in [9.17, 15) is 0 Å². The molecule has 18 heavy (non-hydrogen) atoms. The molecule has 0 radical (unpaired) electrons. The molecule has 5 nitrogen and oxygen atoms in total. The van der Waals surface area contributed by atoms with Crippen molar-refractivity contribution in [3.8, 4) is 0 Å². The van der Waals surface area contributed by atoms with Crippen LogP contribution >= 0.6 is 15.9 Å².